The maximum atomic E-state index is 11.8. The second-order valence-electron chi connectivity index (χ2n) is 3.73. The molecule has 0 amide bonds. The number of hydrogen-bond acceptors (Lipinski definition) is 5. The second-order valence-corrected chi connectivity index (χ2v) is 5.03. The monoisotopic (exact) mass is 284 g/mol. The van der Waals surface area contributed by atoms with E-state index in [-0.39, 0.29) is 16.6 Å². The molecule has 2 aromatic heterocycles. The maximum absolute atomic E-state index is 11.8. The van der Waals surface area contributed by atoms with Crippen LogP contribution in [0.1, 0.15) is 24.9 Å². The Morgan fingerprint density at radius 3 is 3.00 bits per heavy atom. The molecule has 1 unspecified atom stereocenters. The zero-order valence-electron chi connectivity index (χ0n) is 10.1. The number of anilines is 1. The molecule has 18 heavy (non-hydrogen) atoms. The average Bonchev–Trinajstić information content (AvgIpc) is 2.89. The molecule has 1 N–H and O–H groups in total. The topological polar surface area (TPSA) is 59.8 Å². The van der Waals surface area contributed by atoms with Gasteiger partial charge >= 0.3 is 0 Å². The molecule has 0 aliphatic rings. The molecule has 0 aliphatic carbocycles. The van der Waals surface area contributed by atoms with Crippen LogP contribution in [0.4, 0.5) is 5.69 Å². The summed E-state index contributed by atoms with van der Waals surface area (Å²) in [6.45, 7) is 4.30. The molecule has 0 bridgehead atoms. The number of hydrogen-bond donors (Lipinski definition) is 1. The number of nitrogens with one attached hydrogen (secondary N) is 1. The quantitative estimate of drug-likeness (QED) is 0.937. The van der Waals surface area contributed by atoms with E-state index in [0.717, 1.165) is 5.01 Å². The van der Waals surface area contributed by atoms with E-state index in [1.807, 2.05) is 19.2 Å². The Bertz CT molecular complexity index is 581. The van der Waals surface area contributed by atoms with E-state index >= 15 is 0 Å². The van der Waals surface area contributed by atoms with Crippen molar-refractivity contribution in [3.05, 3.63) is 38.2 Å². The average molecular weight is 285 g/mol. The van der Waals surface area contributed by atoms with E-state index in [4.69, 9.17) is 11.6 Å². The number of nitrogens with zero attached hydrogens (tertiary/aromatic N) is 3. The summed E-state index contributed by atoms with van der Waals surface area (Å²) in [5.41, 5.74) is 0.254. The first-order valence-corrected chi connectivity index (χ1v) is 6.80. The molecule has 0 aliphatic heterocycles. The minimum Gasteiger partial charge on any atom is -0.373 e. The highest BCUT2D eigenvalue weighted by atomic mass is 35.5. The summed E-state index contributed by atoms with van der Waals surface area (Å²) in [5, 5.41) is 10.2. The number of thiazole rings is 1. The SMILES string of the molecule is CCn1ncc(NC(C)c2nccs2)c(Cl)c1=O. The van der Waals surface area contributed by atoms with Crippen molar-refractivity contribution in [2.45, 2.75) is 26.4 Å². The van der Waals surface area contributed by atoms with Gasteiger partial charge in [0.2, 0.25) is 0 Å². The molecular weight excluding hydrogens is 272 g/mol. The number of aromatic nitrogens is 3. The van der Waals surface area contributed by atoms with E-state index in [9.17, 15) is 4.79 Å². The fraction of sp³-hybridized carbons (Fsp3) is 0.364. The first kappa shape index (κ1) is 13.0. The fourth-order valence-electron chi connectivity index (χ4n) is 1.53. The highest BCUT2D eigenvalue weighted by Crippen LogP contribution is 2.23. The van der Waals surface area contributed by atoms with E-state index < -0.39 is 0 Å². The van der Waals surface area contributed by atoms with Gasteiger partial charge in [0.1, 0.15) is 10.0 Å². The van der Waals surface area contributed by atoms with Crippen LogP contribution >= 0.6 is 22.9 Å². The molecule has 96 valence electrons. The zero-order chi connectivity index (χ0) is 13.1. The molecule has 0 saturated heterocycles. The Balaban J connectivity index is 2.25. The van der Waals surface area contributed by atoms with Gasteiger partial charge in [-0.2, -0.15) is 5.10 Å². The Labute approximate surface area is 113 Å². The van der Waals surface area contributed by atoms with Crippen molar-refractivity contribution < 1.29 is 0 Å². The van der Waals surface area contributed by atoms with Crippen LogP contribution in [0.5, 0.6) is 0 Å². The van der Waals surface area contributed by atoms with Crippen LogP contribution in [0.15, 0.2) is 22.6 Å². The third-order valence-corrected chi connectivity index (χ3v) is 3.80. The predicted octanol–water partition coefficient (Wildman–Crippen LogP) is 2.55. The normalized spacial score (nSPS) is 12.4. The van der Waals surface area contributed by atoms with Gasteiger partial charge in [0, 0.05) is 18.1 Å². The zero-order valence-corrected chi connectivity index (χ0v) is 11.6. The second kappa shape index (κ2) is 5.49. The third kappa shape index (κ3) is 2.54. The number of aryl methyl sites for hydroxylation is 1. The Morgan fingerprint density at radius 2 is 2.39 bits per heavy atom. The first-order chi connectivity index (χ1) is 8.63. The van der Waals surface area contributed by atoms with Crippen LogP contribution in [0, 0.1) is 0 Å². The van der Waals surface area contributed by atoms with Crippen LogP contribution < -0.4 is 10.9 Å². The lowest BCUT2D eigenvalue weighted by atomic mass is 10.3. The minimum absolute atomic E-state index is 0.0128. The largest absolute Gasteiger partial charge is 0.373 e. The lowest BCUT2D eigenvalue weighted by Crippen LogP contribution is -2.23. The molecule has 7 heteroatoms. The first-order valence-electron chi connectivity index (χ1n) is 5.55. The van der Waals surface area contributed by atoms with Crippen molar-refractivity contribution >= 4 is 28.6 Å². The summed E-state index contributed by atoms with van der Waals surface area (Å²) in [4.78, 5) is 16.0. The van der Waals surface area contributed by atoms with Crippen LogP contribution in [-0.4, -0.2) is 14.8 Å². The van der Waals surface area contributed by atoms with Gasteiger partial charge in [-0.15, -0.1) is 11.3 Å². The lowest BCUT2D eigenvalue weighted by molar-refractivity contribution is 0.615. The van der Waals surface area contributed by atoms with Gasteiger partial charge in [-0.1, -0.05) is 11.6 Å². The summed E-state index contributed by atoms with van der Waals surface area (Å²) < 4.78 is 1.32. The summed E-state index contributed by atoms with van der Waals surface area (Å²) in [7, 11) is 0. The molecule has 0 saturated carbocycles. The fourth-order valence-corrected chi connectivity index (χ4v) is 2.38. The van der Waals surface area contributed by atoms with Crippen molar-refractivity contribution in [2.75, 3.05) is 5.32 Å². The molecule has 2 rings (SSSR count). The standard InChI is InChI=1S/C11H13ClN4OS/c1-3-16-11(17)9(12)8(6-14-16)15-7(2)10-13-4-5-18-10/h4-7,15H,3H2,1-2H3. The molecular formula is C11H13ClN4OS. The maximum Gasteiger partial charge on any atom is 0.287 e. The van der Waals surface area contributed by atoms with Gasteiger partial charge in [0.25, 0.3) is 5.56 Å². The smallest absolute Gasteiger partial charge is 0.287 e. The van der Waals surface area contributed by atoms with Gasteiger partial charge in [-0.05, 0) is 13.8 Å². The van der Waals surface area contributed by atoms with Gasteiger partial charge in [0.15, 0.2) is 0 Å². The van der Waals surface area contributed by atoms with Crippen LogP contribution in [-0.2, 0) is 6.54 Å². The van der Waals surface area contributed by atoms with Crippen LogP contribution in [0.25, 0.3) is 0 Å². The predicted molar refractivity (Wildman–Crippen MR) is 73.3 cm³/mol. The van der Waals surface area contributed by atoms with Crippen molar-refractivity contribution in [1.82, 2.24) is 14.8 Å². The highest BCUT2D eigenvalue weighted by molar-refractivity contribution is 7.09. The minimum atomic E-state index is -0.282. The summed E-state index contributed by atoms with van der Waals surface area (Å²) in [6, 6.07) is -0.0128. The van der Waals surface area contributed by atoms with Gasteiger partial charge < -0.3 is 5.32 Å². The van der Waals surface area contributed by atoms with Crippen molar-refractivity contribution in [3.8, 4) is 0 Å². The van der Waals surface area contributed by atoms with Gasteiger partial charge in [-0.25, -0.2) is 9.67 Å². The molecule has 0 aromatic carbocycles. The number of rotatable bonds is 4. The van der Waals surface area contributed by atoms with Crippen LogP contribution in [0.2, 0.25) is 5.02 Å². The van der Waals surface area contributed by atoms with Crippen LogP contribution in [0.3, 0.4) is 0 Å². The number of halogens is 1. The highest BCUT2D eigenvalue weighted by Gasteiger charge is 2.13. The Kier molecular flexibility index (Phi) is 3.98. The van der Waals surface area contributed by atoms with Gasteiger partial charge in [0.05, 0.1) is 17.9 Å². The molecule has 2 heterocycles. The van der Waals surface area contributed by atoms with Gasteiger partial charge in [-0.3, -0.25) is 4.79 Å². The summed E-state index contributed by atoms with van der Waals surface area (Å²) in [6.07, 6.45) is 3.31. The molecule has 0 fully saturated rings. The van der Waals surface area contributed by atoms with Crippen molar-refractivity contribution in [2.24, 2.45) is 0 Å². The molecule has 5 nitrogen and oxygen atoms in total. The van der Waals surface area contributed by atoms with E-state index in [0.29, 0.717) is 12.2 Å². The van der Waals surface area contributed by atoms with E-state index in [1.165, 1.54) is 4.68 Å². The molecule has 1 atom stereocenters. The van der Waals surface area contributed by atoms with E-state index in [2.05, 4.69) is 15.4 Å². The summed E-state index contributed by atoms with van der Waals surface area (Å²) >= 11 is 7.58. The lowest BCUT2D eigenvalue weighted by Gasteiger charge is -2.14. The Hall–Kier alpha value is -1.40. The third-order valence-electron chi connectivity index (χ3n) is 2.48. The molecule has 2 aromatic rings. The van der Waals surface area contributed by atoms with Crippen molar-refractivity contribution in [1.29, 1.82) is 0 Å². The van der Waals surface area contributed by atoms with E-state index in [1.54, 1.807) is 23.7 Å². The molecule has 0 spiro atoms. The van der Waals surface area contributed by atoms with Crippen molar-refractivity contribution in [3.63, 3.8) is 0 Å². The summed E-state index contributed by atoms with van der Waals surface area (Å²) in [5.74, 6) is 0. The molecule has 0 radical (unpaired) electrons. The Morgan fingerprint density at radius 1 is 1.61 bits per heavy atom.